The predicted octanol–water partition coefficient (Wildman–Crippen LogP) is 7.02. The zero-order valence-electron chi connectivity index (χ0n) is 19.7. The van der Waals surface area contributed by atoms with Crippen LogP contribution in [-0.4, -0.2) is 22.0 Å². The molecule has 178 valence electrons. The zero-order chi connectivity index (χ0) is 24.6. The predicted molar refractivity (Wildman–Crippen MR) is 148 cm³/mol. The van der Waals surface area contributed by atoms with Crippen LogP contribution in [0, 0.1) is 0 Å². The van der Waals surface area contributed by atoms with Crippen LogP contribution in [0.5, 0.6) is 0 Å². The van der Waals surface area contributed by atoms with Gasteiger partial charge in [-0.05, 0) is 60.4 Å². The number of thioether (sulfide) groups is 1. The van der Waals surface area contributed by atoms with Crippen LogP contribution in [0.3, 0.4) is 0 Å². The minimum atomic E-state index is -0.247. The van der Waals surface area contributed by atoms with Gasteiger partial charge in [0, 0.05) is 17.5 Å². The van der Waals surface area contributed by atoms with Crippen molar-refractivity contribution in [1.82, 2.24) is 4.98 Å². The molecule has 4 aromatic rings. The minimum Gasteiger partial charge on any atom is -0.325 e. The molecule has 0 spiro atoms. The summed E-state index contributed by atoms with van der Waals surface area (Å²) in [6.07, 6.45) is 4.96. The number of benzene rings is 3. The topological polar surface area (TPSA) is 71.1 Å². The van der Waals surface area contributed by atoms with Crippen LogP contribution in [0.25, 0.3) is 16.3 Å². The lowest BCUT2D eigenvalue weighted by Crippen LogP contribution is -2.24. The van der Waals surface area contributed by atoms with Gasteiger partial charge in [-0.2, -0.15) is 0 Å². The normalized spacial score (nSPS) is 12.1. The molecule has 7 heteroatoms. The molecular formula is C28H27N3O2S2. The monoisotopic (exact) mass is 501 g/mol. The fraction of sp³-hybridized carbons (Fsp3) is 0.179. The second-order valence-electron chi connectivity index (χ2n) is 7.95. The van der Waals surface area contributed by atoms with Gasteiger partial charge in [-0.1, -0.05) is 68.1 Å². The number of amides is 2. The summed E-state index contributed by atoms with van der Waals surface area (Å²) in [5, 5.41) is 5.67. The SMILES string of the molecule is CCc1ccc(NC(=O)C(CC)Sc2nc3ccc(NC(=O)/C=C/c4ccccc4)cc3s2)cc1. The maximum Gasteiger partial charge on any atom is 0.248 e. The number of nitrogens with zero attached hydrogens (tertiary/aromatic N) is 1. The van der Waals surface area contributed by atoms with E-state index in [1.807, 2.05) is 79.7 Å². The standard InChI is InChI=1S/C28H27N3O2S2/c1-3-19-10-13-21(14-11-19)30-27(33)24(4-2)34-28-31-23-16-15-22(18-25(23)35-28)29-26(32)17-12-20-8-6-5-7-9-20/h5-18,24H,3-4H2,1-2H3,(H,29,32)(H,30,33)/b17-12+. The minimum absolute atomic E-state index is 0.0286. The van der Waals surface area contributed by atoms with Gasteiger partial charge < -0.3 is 10.6 Å². The van der Waals surface area contributed by atoms with Crippen molar-refractivity contribution in [3.8, 4) is 0 Å². The van der Waals surface area contributed by atoms with Crippen molar-refractivity contribution in [1.29, 1.82) is 0 Å². The number of aryl methyl sites for hydroxylation is 1. The quantitative estimate of drug-likeness (QED) is 0.191. The van der Waals surface area contributed by atoms with E-state index in [0.29, 0.717) is 12.1 Å². The largest absolute Gasteiger partial charge is 0.325 e. The number of hydrogen-bond donors (Lipinski definition) is 2. The zero-order valence-corrected chi connectivity index (χ0v) is 21.3. The van der Waals surface area contributed by atoms with Crippen LogP contribution < -0.4 is 10.6 Å². The molecule has 1 atom stereocenters. The van der Waals surface area contributed by atoms with Crippen LogP contribution in [0.2, 0.25) is 0 Å². The summed E-state index contributed by atoms with van der Waals surface area (Å²) in [6.45, 7) is 4.11. The summed E-state index contributed by atoms with van der Waals surface area (Å²) in [4.78, 5) is 29.8. The van der Waals surface area contributed by atoms with Crippen molar-refractivity contribution >= 4 is 62.6 Å². The fourth-order valence-electron chi connectivity index (χ4n) is 3.44. The van der Waals surface area contributed by atoms with E-state index < -0.39 is 0 Å². The van der Waals surface area contributed by atoms with Crippen molar-refractivity contribution in [3.63, 3.8) is 0 Å². The molecule has 0 bridgehead atoms. The van der Waals surface area contributed by atoms with Crippen molar-refractivity contribution in [2.24, 2.45) is 0 Å². The average molecular weight is 502 g/mol. The number of nitrogens with one attached hydrogen (secondary N) is 2. The molecule has 35 heavy (non-hydrogen) atoms. The van der Waals surface area contributed by atoms with E-state index in [1.54, 1.807) is 6.08 Å². The molecule has 3 aromatic carbocycles. The molecule has 0 aliphatic rings. The molecule has 0 saturated heterocycles. The van der Waals surface area contributed by atoms with Gasteiger partial charge in [0.05, 0.1) is 15.5 Å². The second kappa shape index (κ2) is 11.8. The number of thiazole rings is 1. The van der Waals surface area contributed by atoms with E-state index in [1.165, 1.54) is 34.7 Å². The van der Waals surface area contributed by atoms with E-state index in [9.17, 15) is 9.59 Å². The van der Waals surface area contributed by atoms with Gasteiger partial charge in [0.25, 0.3) is 0 Å². The molecule has 0 fully saturated rings. The third-order valence-corrected chi connectivity index (χ3v) is 7.88. The molecule has 1 heterocycles. The van der Waals surface area contributed by atoms with Gasteiger partial charge in [-0.3, -0.25) is 9.59 Å². The number of carbonyl (C=O) groups is 2. The van der Waals surface area contributed by atoms with E-state index in [0.717, 1.165) is 32.2 Å². The maximum absolute atomic E-state index is 12.8. The second-order valence-corrected chi connectivity index (χ2v) is 10.4. The molecule has 0 saturated carbocycles. The summed E-state index contributed by atoms with van der Waals surface area (Å²) in [5.74, 6) is -0.221. The Morgan fingerprint density at radius 2 is 1.71 bits per heavy atom. The van der Waals surface area contributed by atoms with E-state index in [-0.39, 0.29) is 17.1 Å². The number of carbonyl (C=O) groups excluding carboxylic acids is 2. The van der Waals surface area contributed by atoms with Gasteiger partial charge >= 0.3 is 0 Å². The van der Waals surface area contributed by atoms with Crippen LogP contribution in [0.1, 0.15) is 31.4 Å². The lowest BCUT2D eigenvalue weighted by atomic mass is 10.1. The Kier molecular flexibility index (Phi) is 8.34. The Morgan fingerprint density at radius 3 is 2.43 bits per heavy atom. The molecule has 1 unspecified atom stereocenters. The van der Waals surface area contributed by atoms with E-state index >= 15 is 0 Å². The molecule has 4 rings (SSSR count). The maximum atomic E-state index is 12.8. The molecule has 2 N–H and O–H groups in total. The highest BCUT2D eigenvalue weighted by molar-refractivity contribution is 8.02. The van der Waals surface area contributed by atoms with E-state index in [2.05, 4.69) is 22.5 Å². The number of anilines is 2. The molecule has 1 aromatic heterocycles. The molecule has 5 nitrogen and oxygen atoms in total. The Labute approximate surface area is 213 Å². The number of aromatic nitrogens is 1. The Bertz CT molecular complexity index is 1330. The molecular weight excluding hydrogens is 474 g/mol. The van der Waals surface area contributed by atoms with Gasteiger partial charge in [0.2, 0.25) is 11.8 Å². The van der Waals surface area contributed by atoms with Crippen molar-refractivity contribution < 1.29 is 9.59 Å². The first-order valence-corrected chi connectivity index (χ1v) is 13.2. The summed E-state index contributed by atoms with van der Waals surface area (Å²) in [7, 11) is 0. The molecule has 2 amide bonds. The highest BCUT2D eigenvalue weighted by Crippen LogP contribution is 2.34. The first-order chi connectivity index (χ1) is 17.0. The first-order valence-electron chi connectivity index (χ1n) is 11.5. The Hall–Kier alpha value is -3.42. The Balaban J connectivity index is 1.39. The van der Waals surface area contributed by atoms with E-state index in [4.69, 9.17) is 0 Å². The number of hydrogen-bond acceptors (Lipinski definition) is 5. The van der Waals surface area contributed by atoms with Gasteiger partial charge in [0.15, 0.2) is 4.34 Å². The van der Waals surface area contributed by atoms with Crippen molar-refractivity contribution in [2.75, 3.05) is 10.6 Å². The summed E-state index contributed by atoms with van der Waals surface area (Å²) in [6, 6.07) is 23.3. The highest BCUT2D eigenvalue weighted by Gasteiger charge is 2.20. The molecule has 0 aliphatic carbocycles. The Morgan fingerprint density at radius 1 is 0.971 bits per heavy atom. The average Bonchev–Trinajstić information content (AvgIpc) is 3.29. The van der Waals surface area contributed by atoms with Gasteiger partial charge in [-0.15, -0.1) is 11.3 Å². The summed E-state index contributed by atoms with van der Waals surface area (Å²) in [5.41, 5.74) is 4.56. The third-order valence-electron chi connectivity index (χ3n) is 5.40. The number of rotatable bonds is 9. The molecule has 0 aliphatic heterocycles. The summed E-state index contributed by atoms with van der Waals surface area (Å²) < 4.78 is 1.79. The molecule has 0 radical (unpaired) electrons. The van der Waals surface area contributed by atoms with Crippen LogP contribution >= 0.6 is 23.1 Å². The lowest BCUT2D eigenvalue weighted by Gasteiger charge is -2.13. The van der Waals surface area contributed by atoms with Crippen LogP contribution in [0.4, 0.5) is 11.4 Å². The van der Waals surface area contributed by atoms with Crippen molar-refractivity contribution in [3.05, 3.63) is 90.0 Å². The van der Waals surface area contributed by atoms with Crippen LogP contribution in [0.15, 0.2) is 83.2 Å². The summed E-state index contributed by atoms with van der Waals surface area (Å²) >= 11 is 3.00. The van der Waals surface area contributed by atoms with Crippen molar-refractivity contribution in [2.45, 2.75) is 36.3 Å². The van der Waals surface area contributed by atoms with Gasteiger partial charge in [-0.25, -0.2) is 4.98 Å². The highest BCUT2D eigenvalue weighted by atomic mass is 32.2. The van der Waals surface area contributed by atoms with Crippen LogP contribution in [-0.2, 0) is 16.0 Å². The third kappa shape index (κ3) is 6.81. The van der Waals surface area contributed by atoms with Gasteiger partial charge in [0.1, 0.15) is 0 Å². The lowest BCUT2D eigenvalue weighted by molar-refractivity contribution is -0.115. The number of fused-ring (bicyclic) bond motifs is 1. The smallest absolute Gasteiger partial charge is 0.248 e. The first kappa shape index (κ1) is 24.7. The fourth-order valence-corrected chi connectivity index (χ4v) is 5.72.